The second-order valence-electron chi connectivity index (χ2n) is 3.35. The van der Waals surface area contributed by atoms with Crippen LogP contribution in [0, 0.1) is 0 Å². The van der Waals surface area contributed by atoms with E-state index in [0.717, 1.165) is 0 Å². The normalized spacial score (nSPS) is 48.3. The van der Waals surface area contributed by atoms with Crippen LogP contribution in [0.3, 0.4) is 0 Å². The zero-order valence-corrected chi connectivity index (χ0v) is 6.50. The predicted molar refractivity (Wildman–Crippen MR) is 38.0 cm³/mol. The van der Waals surface area contributed by atoms with Gasteiger partial charge in [-0.1, -0.05) is 0 Å². The molecule has 0 bridgehead atoms. The van der Waals surface area contributed by atoms with Crippen molar-refractivity contribution >= 4 is 5.78 Å². The summed E-state index contributed by atoms with van der Waals surface area (Å²) in [6.07, 6.45) is 1.45. The minimum Gasteiger partial charge on any atom is -0.379 e. The fourth-order valence-electron chi connectivity index (χ4n) is 1.55. The van der Waals surface area contributed by atoms with Gasteiger partial charge in [0.1, 0.15) is 12.2 Å². The topological polar surface area (TPSA) is 49.8 Å². The highest BCUT2D eigenvalue weighted by Gasteiger charge is 2.57. The fraction of sp³-hybridized carbons (Fsp3) is 0.625. The van der Waals surface area contributed by atoms with Gasteiger partial charge in [-0.25, -0.2) is 0 Å². The third-order valence-electron chi connectivity index (χ3n) is 2.31. The molecule has 0 spiro atoms. The molecule has 1 fully saturated rings. The monoisotopic (exact) mass is 154 g/mol. The SMILES string of the molecule is CC1=C[C@H]2O[C@H]2[C@@](C)(O)C1=O. The van der Waals surface area contributed by atoms with Crippen molar-refractivity contribution in [3.05, 3.63) is 11.6 Å². The highest BCUT2D eigenvalue weighted by atomic mass is 16.6. The number of Topliss-reactive ketones (excluding diaryl/α,β-unsaturated/α-hetero) is 1. The van der Waals surface area contributed by atoms with Crippen LogP contribution in [0.5, 0.6) is 0 Å². The molecule has 3 heteroatoms. The van der Waals surface area contributed by atoms with E-state index in [0.29, 0.717) is 5.57 Å². The number of ketones is 1. The third-order valence-corrected chi connectivity index (χ3v) is 2.31. The molecule has 0 amide bonds. The quantitative estimate of drug-likeness (QED) is 0.501. The van der Waals surface area contributed by atoms with Crippen molar-refractivity contribution < 1.29 is 14.6 Å². The van der Waals surface area contributed by atoms with E-state index in [1.165, 1.54) is 6.92 Å². The zero-order chi connectivity index (χ0) is 8.22. The van der Waals surface area contributed by atoms with E-state index in [-0.39, 0.29) is 18.0 Å². The summed E-state index contributed by atoms with van der Waals surface area (Å²) in [5.74, 6) is -0.212. The van der Waals surface area contributed by atoms with Crippen molar-refractivity contribution in [2.45, 2.75) is 31.7 Å². The van der Waals surface area contributed by atoms with Crippen LogP contribution in [-0.4, -0.2) is 28.7 Å². The number of carbonyl (C=O) groups is 1. The number of hydrogen-bond donors (Lipinski definition) is 1. The molecule has 1 aliphatic carbocycles. The van der Waals surface area contributed by atoms with Crippen LogP contribution in [-0.2, 0) is 9.53 Å². The van der Waals surface area contributed by atoms with Gasteiger partial charge in [0, 0.05) is 0 Å². The van der Waals surface area contributed by atoms with Crippen molar-refractivity contribution in [3.8, 4) is 0 Å². The average Bonchev–Trinajstić information content (AvgIpc) is 2.64. The van der Waals surface area contributed by atoms with Crippen LogP contribution in [0.1, 0.15) is 13.8 Å². The fourth-order valence-corrected chi connectivity index (χ4v) is 1.55. The zero-order valence-electron chi connectivity index (χ0n) is 6.50. The minimum absolute atomic E-state index is 0.0253. The molecular formula is C8H10O3. The summed E-state index contributed by atoms with van der Waals surface area (Å²) >= 11 is 0. The summed E-state index contributed by atoms with van der Waals surface area (Å²) in [5, 5.41) is 9.61. The van der Waals surface area contributed by atoms with E-state index < -0.39 is 5.60 Å². The first-order valence-corrected chi connectivity index (χ1v) is 3.64. The molecule has 0 unspecified atom stereocenters. The number of rotatable bonds is 0. The average molecular weight is 154 g/mol. The molecule has 0 saturated carbocycles. The Labute approximate surface area is 64.7 Å². The van der Waals surface area contributed by atoms with Gasteiger partial charge in [-0.05, 0) is 25.5 Å². The van der Waals surface area contributed by atoms with Crippen molar-refractivity contribution in [1.82, 2.24) is 0 Å². The number of hydrogen-bond acceptors (Lipinski definition) is 3. The van der Waals surface area contributed by atoms with E-state index in [1.807, 2.05) is 0 Å². The number of carbonyl (C=O) groups excluding carboxylic acids is 1. The van der Waals surface area contributed by atoms with Gasteiger partial charge in [-0.15, -0.1) is 0 Å². The third kappa shape index (κ3) is 0.781. The molecule has 2 aliphatic rings. The predicted octanol–water partition coefficient (Wildman–Crippen LogP) is 0.0338. The molecule has 11 heavy (non-hydrogen) atoms. The minimum atomic E-state index is -1.29. The molecule has 60 valence electrons. The summed E-state index contributed by atoms with van der Waals surface area (Å²) in [4.78, 5) is 11.3. The Bertz CT molecular complexity index is 252. The molecule has 1 saturated heterocycles. The van der Waals surface area contributed by atoms with E-state index in [9.17, 15) is 9.90 Å². The summed E-state index contributed by atoms with van der Waals surface area (Å²) in [6, 6.07) is 0. The van der Waals surface area contributed by atoms with Crippen molar-refractivity contribution in [2.75, 3.05) is 0 Å². The van der Waals surface area contributed by atoms with Crippen molar-refractivity contribution in [3.63, 3.8) is 0 Å². The Balaban J connectivity index is 2.40. The number of aliphatic hydroxyl groups is 1. The molecule has 3 nitrogen and oxygen atoms in total. The molecule has 1 heterocycles. The van der Waals surface area contributed by atoms with Gasteiger partial charge in [-0.3, -0.25) is 4.79 Å². The van der Waals surface area contributed by atoms with Gasteiger partial charge >= 0.3 is 0 Å². The molecule has 1 aliphatic heterocycles. The van der Waals surface area contributed by atoms with E-state index in [2.05, 4.69) is 0 Å². The highest BCUT2D eigenvalue weighted by molar-refractivity contribution is 6.03. The lowest BCUT2D eigenvalue weighted by molar-refractivity contribution is -0.133. The van der Waals surface area contributed by atoms with Gasteiger partial charge < -0.3 is 9.84 Å². The smallest absolute Gasteiger partial charge is 0.192 e. The standard InChI is InChI=1S/C8H10O3/c1-4-3-5-7(11-5)8(2,10)6(4)9/h3,5,7,10H,1-2H3/t5-,7-,8+/m1/s1. The summed E-state index contributed by atoms with van der Waals surface area (Å²) < 4.78 is 5.09. The second kappa shape index (κ2) is 1.73. The van der Waals surface area contributed by atoms with Crippen LogP contribution in [0.25, 0.3) is 0 Å². The van der Waals surface area contributed by atoms with Gasteiger partial charge in [-0.2, -0.15) is 0 Å². The van der Waals surface area contributed by atoms with Crippen LogP contribution in [0.2, 0.25) is 0 Å². The Morgan fingerprint density at radius 1 is 1.73 bits per heavy atom. The second-order valence-corrected chi connectivity index (χ2v) is 3.35. The van der Waals surface area contributed by atoms with Gasteiger partial charge in [0.05, 0.1) is 0 Å². The van der Waals surface area contributed by atoms with E-state index in [4.69, 9.17) is 4.74 Å². The number of fused-ring (bicyclic) bond motifs is 1. The maximum absolute atomic E-state index is 11.3. The maximum Gasteiger partial charge on any atom is 0.192 e. The largest absolute Gasteiger partial charge is 0.379 e. The lowest BCUT2D eigenvalue weighted by atomic mass is 9.85. The molecule has 2 rings (SSSR count). The van der Waals surface area contributed by atoms with Crippen LogP contribution >= 0.6 is 0 Å². The molecule has 0 radical (unpaired) electrons. The first kappa shape index (κ1) is 7.00. The Morgan fingerprint density at radius 2 is 2.36 bits per heavy atom. The first-order valence-electron chi connectivity index (χ1n) is 3.64. The van der Waals surface area contributed by atoms with Gasteiger partial charge in [0.15, 0.2) is 11.4 Å². The Hall–Kier alpha value is -0.670. The highest BCUT2D eigenvalue weighted by Crippen LogP contribution is 2.39. The number of ether oxygens (including phenoxy) is 1. The van der Waals surface area contributed by atoms with E-state index in [1.54, 1.807) is 13.0 Å². The van der Waals surface area contributed by atoms with Crippen LogP contribution in [0.4, 0.5) is 0 Å². The lowest BCUT2D eigenvalue weighted by Gasteiger charge is -2.22. The lowest BCUT2D eigenvalue weighted by Crippen LogP contribution is -2.44. The molecule has 0 aromatic rings. The van der Waals surface area contributed by atoms with Crippen molar-refractivity contribution in [1.29, 1.82) is 0 Å². The molecule has 1 N–H and O–H groups in total. The summed E-state index contributed by atoms with van der Waals surface area (Å²) in [6.45, 7) is 3.21. The molecule has 3 atom stereocenters. The first-order chi connectivity index (χ1) is 5.03. The summed E-state index contributed by atoms with van der Waals surface area (Å²) in [5.41, 5.74) is -0.683. The Kier molecular flexibility index (Phi) is 1.10. The molecule has 0 aromatic carbocycles. The van der Waals surface area contributed by atoms with Crippen LogP contribution < -0.4 is 0 Å². The maximum atomic E-state index is 11.3. The van der Waals surface area contributed by atoms with Crippen molar-refractivity contribution in [2.24, 2.45) is 0 Å². The molecule has 0 aromatic heterocycles. The van der Waals surface area contributed by atoms with Crippen LogP contribution in [0.15, 0.2) is 11.6 Å². The number of epoxide rings is 1. The van der Waals surface area contributed by atoms with Gasteiger partial charge in [0.2, 0.25) is 0 Å². The van der Waals surface area contributed by atoms with Gasteiger partial charge in [0.25, 0.3) is 0 Å². The molecular weight excluding hydrogens is 144 g/mol. The van der Waals surface area contributed by atoms with E-state index >= 15 is 0 Å². The Morgan fingerprint density at radius 3 is 3.00 bits per heavy atom. The summed E-state index contributed by atoms with van der Waals surface area (Å²) in [7, 11) is 0.